The van der Waals surface area contributed by atoms with Crippen LogP contribution in [0.3, 0.4) is 0 Å². The van der Waals surface area contributed by atoms with E-state index in [1.165, 1.54) is 7.11 Å². The first-order valence-electron chi connectivity index (χ1n) is 10.7. The van der Waals surface area contributed by atoms with Crippen molar-refractivity contribution >= 4 is 34.9 Å². The molecule has 2 aliphatic rings. The lowest BCUT2D eigenvalue weighted by Crippen LogP contribution is -2.45. The highest BCUT2D eigenvalue weighted by atomic mass is 35.5. The molecule has 2 aromatic carbocycles. The van der Waals surface area contributed by atoms with Gasteiger partial charge in [0.2, 0.25) is 0 Å². The standard InChI is InChI=1S/C24H27Cl2FN2O2/c1-15-10-17(18-12-29(13-18)23-20(25)4-3-5-21(23)26)11-22(27)19(15)14-28-8-6-16(7-9-28)24(30)31-2/h3-5,10-11,16,18H,6-9,12-14H2,1-2H3. The van der Waals surface area contributed by atoms with Crippen LogP contribution in [0.5, 0.6) is 0 Å². The van der Waals surface area contributed by atoms with Crippen molar-refractivity contribution in [3.05, 3.63) is 62.9 Å². The summed E-state index contributed by atoms with van der Waals surface area (Å²) in [7, 11) is 1.43. The molecule has 7 heteroatoms. The molecule has 0 aliphatic carbocycles. The SMILES string of the molecule is COC(=O)C1CCN(Cc2c(C)cc(C3CN(c4c(Cl)cccc4Cl)C3)cc2F)CC1. The molecule has 0 radical (unpaired) electrons. The Bertz CT molecular complexity index is 927. The number of ether oxygens (including phenoxy) is 1. The van der Waals surface area contributed by atoms with E-state index < -0.39 is 0 Å². The highest BCUT2D eigenvalue weighted by Gasteiger charge is 2.32. The molecule has 4 rings (SSSR count). The lowest BCUT2D eigenvalue weighted by Gasteiger charge is -2.42. The van der Waals surface area contributed by atoms with E-state index >= 15 is 4.39 Å². The number of esters is 1. The molecule has 166 valence electrons. The molecule has 0 unspecified atom stereocenters. The van der Waals surface area contributed by atoms with Crippen LogP contribution in [0.2, 0.25) is 10.0 Å². The number of likely N-dealkylation sites (tertiary alicyclic amines) is 1. The molecule has 4 nitrogen and oxygen atoms in total. The van der Waals surface area contributed by atoms with Gasteiger partial charge in [0.25, 0.3) is 0 Å². The summed E-state index contributed by atoms with van der Waals surface area (Å²) in [4.78, 5) is 16.1. The molecule has 0 amide bonds. The van der Waals surface area contributed by atoms with Gasteiger partial charge in [-0.05, 0) is 62.2 Å². The first-order chi connectivity index (χ1) is 14.9. The molecule has 2 fully saturated rings. The van der Waals surface area contributed by atoms with Gasteiger partial charge in [-0.1, -0.05) is 35.3 Å². The monoisotopic (exact) mass is 464 g/mol. The number of hydrogen-bond acceptors (Lipinski definition) is 4. The van der Waals surface area contributed by atoms with Crippen LogP contribution < -0.4 is 4.90 Å². The molecule has 2 aliphatic heterocycles. The van der Waals surface area contributed by atoms with E-state index in [1.54, 1.807) is 6.07 Å². The number of carbonyl (C=O) groups is 1. The van der Waals surface area contributed by atoms with Gasteiger partial charge in [0.15, 0.2) is 0 Å². The Hall–Kier alpha value is -1.82. The Balaban J connectivity index is 1.39. The molecule has 2 heterocycles. The van der Waals surface area contributed by atoms with Gasteiger partial charge in [0.05, 0.1) is 28.8 Å². The molecule has 0 atom stereocenters. The fourth-order valence-corrected chi connectivity index (χ4v) is 5.25. The Morgan fingerprint density at radius 2 is 1.81 bits per heavy atom. The summed E-state index contributed by atoms with van der Waals surface area (Å²) >= 11 is 12.6. The average molecular weight is 465 g/mol. The second-order valence-corrected chi connectivity index (χ2v) is 9.36. The van der Waals surface area contributed by atoms with Crippen molar-refractivity contribution in [2.75, 3.05) is 38.2 Å². The lowest BCUT2D eigenvalue weighted by molar-refractivity contribution is -0.147. The van der Waals surface area contributed by atoms with Gasteiger partial charge < -0.3 is 9.64 Å². The van der Waals surface area contributed by atoms with Crippen LogP contribution in [-0.2, 0) is 16.1 Å². The Labute approximate surface area is 192 Å². The number of aryl methyl sites for hydroxylation is 1. The van der Waals surface area contributed by atoms with Crippen molar-refractivity contribution in [2.24, 2.45) is 5.92 Å². The highest BCUT2D eigenvalue weighted by molar-refractivity contribution is 6.39. The predicted molar refractivity (Wildman–Crippen MR) is 123 cm³/mol. The van der Waals surface area contributed by atoms with E-state index in [9.17, 15) is 4.79 Å². The van der Waals surface area contributed by atoms with Crippen LogP contribution in [-0.4, -0.2) is 44.2 Å². The molecular weight excluding hydrogens is 438 g/mol. The fraction of sp³-hybridized carbons (Fsp3) is 0.458. The van der Waals surface area contributed by atoms with E-state index in [4.69, 9.17) is 27.9 Å². The van der Waals surface area contributed by atoms with Gasteiger partial charge in [-0.25, -0.2) is 4.39 Å². The maximum atomic E-state index is 15.0. The van der Waals surface area contributed by atoms with E-state index in [-0.39, 0.29) is 23.6 Å². The molecule has 31 heavy (non-hydrogen) atoms. The summed E-state index contributed by atoms with van der Waals surface area (Å²) in [5.41, 5.74) is 3.58. The van der Waals surface area contributed by atoms with Crippen LogP contribution >= 0.6 is 23.2 Å². The molecule has 0 bridgehead atoms. The molecule has 2 aromatic rings. The number of benzene rings is 2. The largest absolute Gasteiger partial charge is 0.469 e. The van der Waals surface area contributed by atoms with E-state index in [1.807, 2.05) is 25.1 Å². The minimum Gasteiger partial charge on any atom is -0.469 e. The maximum Gasteiger partial charge on any atom is 0.308 e. The quantitative estimate of drug-likeness (QED) is 0.552. The number of hydrogen-bond donors (Lipinski definition) is 0. The van der Waals surface area contributed by atoms with Crippen LogP contribution in [0.4, 0.5) is 10.1 Å². The van der Waals surface area contributed by atoms with Crippen LogP contribution in [0.25, 0.3) is 0 Å². The number of nitrogens with zero attached hydrogens (tertiary/aromatic N) is 2. The zero-order valence-corrected chi connectivity index (χ0v) is 19.3. The van der Waals surface area contributed by atoms with Crippen LogP contribution in [0.1, 0.15) is 35.4 Å². The number of anilines is 1. The molecule has 0 N–H and O–H groups in total. The van der Waals surface area contributed by atoms with Gasteiger partial charge >= 0.3 is 5.97 Å². The first-order valence-corrected chi connectivity index (χ1v) is 11.4. The van der Waals surface area contributed by atoms with E-state index in [2.05, 4.69) is 15.9 Å². The molecular formula is C24H27Cl2FN2O2. The van der Waals surface area contributed by atoms with Gasteiger partial charge in [-0.3, -0.25) is 9.69 Å². The molecule has 0 spiro atoms. The Kier molecular flexibility index (Phi) is 6.75. The van der Waals surface area contributed by atoms with Gasteiger partial charge in [0, 0.05) is 31.1 Å². The Morgan fingerprint density at radius 1 is 1.16 bits per heavy atom. The zero-order chi connectivity index (χ0) is 22.1. The van der Waals surface area contributed by atoms with Gasteiger partial charge in [0.1, 0.15) is 5.82 Å². The molecule has 0 aromatic heterocycles. The highest BCUT2D eigenvalue weighted by Crippen LogP contribution is 2.40. The molecule has 2 saturated heterocycles. The topological polar surface area (TPSA) is 32.8 Å². The second kappa shape index (κ2) is 9.35. The number of rotatable bonds is 5. The minimum atomic E-state index is -0.153. The number of methoxy groups -OCH3 is 1. The number of piperidine rings is 1. The number of carbonyl (C=O) groups excluding carboxylic acids is 1. The summed E-state index contributed by atoms with van der Waals surface area (Å²) in [5, 5.41) is 1.28. The predicted octanol–water partition coefficient (Wildman–Crippen LogP) is 5.43. The second-order valence-electron chi connectivity index (χ2n) is 8.54. The normalized spacial score (nSPS) is 18.2. The summed E-state index contributed by atoms with van der Waals surface area (Å²) < 4.78 is 19.9. The first kappa shape index (κ1) is 22.4. The smallest absolute Gasteiger partial charge is 0.308 e. The fourth-order valence-electron chi connectivity index (χ4n) is 4.62. The zero-order valence-electron chi connectivity index (χ0n) is 17.8. The molecule has 0 saturated carbocycles. The lowest BCUT2D eigenvalue weighted by atomic mass is 9.88. The third-order valence-electron chi connectivity index (χ3n) is 6.55. The van der Waals surface area contributed by atoms with Gasteiger partial charge in [-0.15, -0.1) is 0 Å². The van der Waals surface area contributed by atoms with Crippen LogP contribution in [0.15, 0.2) is 30.3 Å². The van der Waals surface area contributed by atoms with Gasteiger partial charge in [-0.2, -0.15) is 0 Å². The summed E-state index contributed by atoms with van der Waals surface area (Å²) in [6, 6.07) is 9.29. The van der Waals surface area contributed by atoms with Crippen molar-refractivity contribution in [1.29, 1.82) is 0 Å². The Morgan fingerprint density at radius 3 is 2.39 bits per heavy atom. The number of para-hydroxylation sites is 1. The third-order valence-corrected chi connectivity index (χ3v) is 7.16. The van der Waals surface area contributed by atoms with Crippen molar-refractivity contribution in [2.45, 2.75) is 32.2 Å². The third kappa shape index (κ3) is 4.69. The summed E-state index contributed by atoms with van der Waals surface area (Å²) in [6.07, 6.45) is 1.52. The average Bonchev–Trinajstić information content (AvgIpc) is 2.71. The van der Waals surface area contributed by atoms with Crippen molar-refractivity contribution in [3.63, 3.8) is 0 Å². The summed E-state index contributed by atoms with van der Waals surface area (Å²) in [6.45, 7) is 5.63. The van der Waals surface area contributed by atoms with E-state index in [0.29, 0.717) is 16.6 Å². The van der Waals surface area contributed by atoms with Crippen molar-refractivity contribution < 1.29 is 13.9 Å². The van der Waals surface area contributed by atoms with Crippen molar-refractivity contribution in [1.82, 2.24) is 4.90 Å². The maximum absolute atomic E-state index is 15.0. The van der Waals surface area contributed by atoms with Crippen LogP contribution in [0, 0.1) is 18.7 Å². The van der Waals surface area contributed by atoms with E-state index in [0.717, 1.165) is 61.4 Å². The number of halogens is 3. The van der Waals surface area contributed by atoms with Crippen molar-refractivity contribution in [3.8, 4) is 0 Å². The minimum absolute atomic E-state index is 0.0391. The summed E-state index contributed by atoms with van der Waals surface area (Å²) in [5.74, 6) is -0.0774.